The zero-order valence-corrected chi connectivity index (χ0v) is 12.9. The highest BCUT2D eigenvalue weighted by Gasteiger charge is 2.24. The van der Waals surface area contributed by atoms with Crippen LogP contribution in [0.2, 0.25) is 0 Å². The summed E-state index contributed by atoms with van der Waals surface area (Å²) in [5.41, 5.74) is 2.29. The first kappa shape index (κ1) is 15.8. The number of nitrogens with one attached hydrogen (secondary N) is 1. The van der Waals surface area contributed by atoms with Crippen molar-refractivity contribution in [3.63, 3.8) is 0 Å². The van der Waals surface area contributed by atoms with Gasteiger partial charge >= 0.3 is 0 Å². The largest absolute Gasteiger partial charge is 0.493 e. The Labute approximate surface area is 126 Å². The van der Waals surface area contributed by atoms with E-state index in [2.05, 4.69) is 5.32 Å². The van der Waals surface area contributed by atoms with Crippen molar-refractivity contribution in [2.75, 3.05) is 6.61 Å². The molecule has 0 unspecified atom stereocenters. The molecule has 1 aromatic rings. The number of hydrogen-bond donors (Lipinski definition) is 2. The smallest absolute Gasteiger partial charge is 0.223 e. The van der Waals surface area contributed by atoms with Crippen LogP contribution < -0.4 is 10.1 Å². The Morgan fingerprint density at radius 1 is 1.33 bits per heavy atom. The first-order valence-corrected chi connectivity index (χ1v) is 7.74. The minimum Gasteiger partial charge on any atom is -0.493 e. The Morgan fingerprint density at radius 3 is 2.86 bits per heavy atom. The second kappa shape index (κ2) is 7.46. The molecule has 0 heterocycles. The SMILES string of the molecule is Cc1cccc(OCCC(=O)N[C@@H]2CCCC[C@H]2O)c1C. The third-order valence-electron chi connectivity index (χ3n) is 4.22. The van der Waals surface area contributed by atoms with E-state index < -0.39 is 6.10 Å². The van der Waals surface area contributed by atoms with Crippen molar-refractivity contribution in [1.29, 1.82) is 0 Å². The molecule has 21 heavy (non-hydrogen) atoms. The van der Waals surface area contributed by atoms with Gasteiger partial charge in [-0.1, -0.05) is 25.0 Å². The number of aryl methyl sites for hydroxylation is 1. The van der Waals surface area contributed by atoms with E-state index in [1.807, 2.05) is 32.0 Å². The summed E-state index contributed by atoms with van der Waals surface area (Å²) in [6.07, 6.45) is 3.68. The van der Waals surface area contributed by atoms with Gasteiger partial charge in [0.2, 0.25) is 5.91 Å². The second-order valence-corrected chi connectivity index (χ2v) is 5.82. The van der Waals surface area contributed by atoms with Gasteiger partial charge < -0.3 is 15.2 Å². The van der Waals surface area contributed by atoms with E-state index in [1.165, 1.54) is 5.56 Å². The van der Waals surface area contributed by atoms with Gasteiger partial charge in [-0.3, -0.25) is 4.79 Å². The van der Waals surface area contributed by atoms with Gasteiger partial charge in [-0.05, 0) is 43.9 Å². The Bertz CT molecular complexity index is 487. The number of aliphatic hydroxyl groups is 1. The lowest BCUT2D eigenvalue weighted by atomic mass is 9.92. The van der Waals surface area contributed by atoms with Crippen molar-refractivity contribution in [2.45, 2.75) is 58.1 Å². The summed E-state index contributed by atoms with van der Waals surface area (Å²) in [5, 5.41) is 12.8. The highest BCUT2D eigenvalue weighted by atomic mass is 16.5. The maximum absolute atomic E-state index is 11.9. The van der Waals surface area contributed by atoms with E-state index in [1.54, 1.807) is 0 Å². The van der Waals surface area contributed by atoms with Gasteiger partial charge in [-0.2, -0.15) is 0 Å². The summed E-state index contributed by atoms with van der Waals surface area (Å²) >= 11 is 0. The molecule has 4 heteroatoms. The Hall–Kier alpha value is -1.55. The van der Waals surface area contributed by atoms with Crippen LogP contribution >= 0.6 is 0 Å². The molecule has 1 aliphatic rings. The van der Waals surface area contributed by atoms with Crippen molar-refractivity contribution >= 4 is 5.91 Å². The number of rotatable bonds is 5. The van der Waals surface area contributed by atoms with E-state index in [9.17, 15) is 9.90 Å². The number of aliphatic hydroxyl groups excluding tert-OH is 1. The maximum atomic E-state index is 11.9. The molecule has 2 atom stereocenters. The van der Waals surface area contributed by atoms with E-state index in [0.717, 1.165) is 37.0 Å². The molecule has 2 N–H and O–H groups in total. The monoisotopic (exact) mass is 291 g/mol. The summed E-state index contributed by atoms with van der Waals surface area (Å²) in [6.45, 7) is 4.42. The van der Waals surface area contributed by atoms with Crippen molar-refractivity contribution in [2.24, 2.45) is 0 Å². The van der Waals surface area contributed by atoms with Gasteiger partial charge in [0.15, 0.2) is 0 Å². The predicted octanol–water partition coefficient (Wildman–Crippen LogP) is 2.49. The van der Waals surface area contributed by atoms with E-state index in [0.29, 0.717) is 13.0 Å². The molecule has 0 bridgehead atoms. The number of carbonyl (C=O) groups excluding carboxylic acids is 1. The third-order valence-corrected chi connectivity index (χ3v) is 4.22. The standard InChI is InChI=1S/C17H25NO3/c1-12-6-5-9-16(13(12)2)21-11-10-17(20)18-14-7-3-4-8-15(14)19/h5-6,9,14-15,19H,3-4,7-8,10-11H2,1-2H3,(H,18,20)/t14-,15-/m1/s1. The molecule has 4 nitrogen and oxygen atoms in total. The van der Waals surface area contributed by atoms with E-state index in [4.69, 9.17) is 4.74 Å². The normalized spacial score (nSPS) is 21.9. The lowest BCUT2D eigenvalue weighted by molar-refractivity contribution is -0.123. The first-order valence-electron chi connectivity index (χ1n) is 7.74. The molecule has 0 spiro atoms. The van der Waals surface area contributed by atoms with Crippen LogP contribution in [0.25, 0.3) is 0 Å². The molecular weight excluding hydrogens is 266 g/mol. The van der Waals surface area contributed by atoms with Gasteiger partial charge in [0, 0.05) is 0 Å². The topological polar surface area (TPSA) is 58.6 Å². The summed E-state index contributed by atoms with van der Waals surface area (Å²) in [7, 11) is 0. The van der Waals surface area contributed by atoms with Crippen LogP contribution in [0.5, 0.6) is 5.75 Å². The van der Waals surface area contributed by atoms with Gasteiger partial charge in [0.1, 0.15) is 5.75 Å². The van der Waals surface area contributed by atoms with Gasteiger partial charge in [0.25, 0.3) is 0 Å². The highest BCUT2D eigenvalue weighted by Crippen LogP contribution is 2.21. The fourth-order valence-electron chi connectivity index (χ4n) is 2.69. The van der Waals surface area contributed by atoms with Gasteiger partial charge in [0.05, 0.1) is 25.2 Å². The molecule has 1 fully saturated rings. The fraction of sp³-hybridized carbons (Fsp3) is 0.588. The van der Waals surface area contributed by atoms with Crippen LogP contribution in [-0.4, -0.2) is 29.8 Å². The third kappa shape index (κ3) is 4.46. The van der Waals surface area contributed by atoms with Crippen molar-refractivity contribution < 1.29 is 14.6 Å². The zero-order valence-electron chi connectivity index (χ0n) is 12.9. The molecule has 0 radical (unpaired) electrons. The molecule has 0 saturated heterocycles. The average Bonchev–Trinajstić information content (AvgIpc) is 2.46. The van der Waals surface area contributed by atoms with Crippen LogP contribution in [0.4, 0.5) is 0 Å². The van der Waals surface area contributed by atoms with E-state index in [-0.39, 0.29) is 11.9 Å². The molecule has 1 aromatic carbocycles. The Morgan fingerprint density at radius 2 is 2.10 bits per heavy atom. The minimum atomic E-state index is -0.400. The first-order chi connectivity index (χ1) is 10.1. The number of amides is 1. The number of ether oxygens (including phenoxy) is 1. The zero-order chi connectivity index (χ0) is 15.2. The molecule has 2 rings (SSSR count). The summed E-state index contributed by atoms with van der Waals surface area (Å²) in [5.74, 6) is 0.784. The molecule has 1 amide bonds. The Kier molecular flexibility index (Phi) is 5.62. The average molecular weight is 291 g/mol. The quantitative estimate of drug-likeness (QED) is 0.876. The fourth-order valence-corrected chi connectivity index (χ4v) is 2.69. The molecule has 116 valence electrons. The number of benzene rings is 1. The molecule has 1 aliphatic carbocycles. The van der Waals surface area contributed by atoms with Crippen molar-refractivity contribution in [1.82, 2.24) is 5.32 Å². The van der Waals surface area contributed by atoms with Crippen LogP contribution in [0.1, 0.15) is 43.2 Å². The lowest BCUT2D eigenvalue weighted by Gasteiger charge is -2.28. The number of hydrogen-bond acceptors (Lipinski definition) is 3. The molecular formula is C17H25NO3. The van der Waals surface area contributed by atoms with Crippen LogP contribution in [0, 0.1) is 13.8 Å². The Balaban J connectivity index is 1.75. The maximum Gasteiger partial charge on any atom is 0.223 e. The summed E-state index contributed by atoms with van der Waals surface area (Å²) < 4.78 is 5.68. The minimum absolute atomic E-state index is 0.0498. The molecule has 0 aliphatic heterocycles. The van der Waals surface area contributed by atoms with Crippen LogP contribution in [0.15, 0.2) is 18.2 Å². The van der Waals surface area contributed by atoms with Crippen LogP contribution in [-0.2, 0) is 4.79 Å². The summed E-state index contributed by atoms with van der Waals surface area (Å²) in [4.78, 5) is 11.9. The lowest BCUT2D eigenvalue weighted by Crippen LogP contribution is -2.45. The van der Waals surface area contributed by atoms with Gasteiger partial charge in [-0.25, -0.2) is 0 Å². The highest BCUT2D eigenvalue weighted by molar-refractivity contribution is 5.76. The van der Waals surface area contributed by atoms with Crippen LogP contribution in [0.3, 0.4) is 0 Å². The van der Waals surface area contributed by atoms with Gasteiger partial charge in [-0.15, -0.1) is 0 Å². The predicted molar refractivity (Wildman–Crippen MR) is 82.4 cm³/mol. The molecule has 0 aromatic heterocycles. The number of carbonyl (C=O) groups is 1. The van der Waals surface area contributed by atoms with Crippen molar-refractivity contribution in [3.8, 4) is 5.75 Å². The second-order valence-electron chi connectivity index (χ2n) is 5.82. The van der Waals surface area contributed by atoms with E-state index >= 15 is 0 Å². The van der Waals surface area contributed by atoms with Crippen molar-refractivity contribution in [3.05, 3.63) is 29.3 Å². The summed E-state index contributed by atoms with van der Waals surface area (Å²) in [6, 6.07) is 5.83. The molecule has 1 saturated carbocycles.